The maximum Gasteiger partial charge on any atom is 0.271 e. The van der Waals surface area contributed by atoms with Gasteiger partial charge in [0.1, 0.15) is 11.5 Å². The Morgan fingerprint density at radius 3 is 2.73 bits per heavy atom. The zero-order valence-electron chi connectivity index (χ0n) is 12.2. The number of halogens is 1. The number of anilines is 1. The summed E-state index contributed by atoms with van der Waals surface area (Å²) < 4.78 is 13.5. The number of rotatable bonds is 5. The highest BCUT2D eigenvalue weighted by Gasteiger charge is 2.16. The first-order chi connectivity index (χ1) is 10.5. The average Bonchev–Trinajstić information content (AvgIpc) is 2.96. The van der Waals surface area contributed by atoms with Gasteiger partial charge in [-0.25, -0.2) is 9.37 Å². The quantitative estimate of drug-likeness (QED) is 0.889. The maximum absolute atomic E-state index is 13.5. The SMILES string of the molecule is CC[C@H](C)NC(=O)c1csc(NC(=O)c2ccccc2F)n1. The molecule has 0 saturated carbocycles. The van der Waals surface area contributed by atoms with E-state index in [0.29, 0.717) is 0 Å². The van der Waals surface area contributed by atoms with E-state index in [1.54, 1.807) is 11.4 Å². The Kier molecular flexibility index (Phi) is 5.21. The lowest BCUT2D eigenvalue weighted by Gasteiger charge is -2.09. The fourth-order valence-electron chi connectivity index (χ4n) is 1.65. The van der Waals surface area contributed by atoms with Crippen molar-refractivity contribution in [2.75, 3.05) is 5.32 Å². The van der Waals surface area contributed by atoms with Gasteiger partial charge in [-0.2, -0.15) is 0 Å². The average molecular weight is 321 g/mol. The minimum Gasteiger partial charge on any atom is -0.348 e. The molecule has 0 aliphatic carbocycles. The van der Waals surface area contributed by atoms with Crippen LogP contribution in [-0.2, 0) is 0 Å². The van der Waals surface area contributed by atoms with Crippen LogP contribution in [0.2, 0.25) is 0 Å². The Morgan fingerprint density at radius 1 is 1.32 bits per heavy atom. The maximum atomic E-state index is 13.5. The number of hydrogen-bond acceptors (Lipinski definition) is 4. The molecule has 7 heteroatoms. The summed E-state index contributed by atoms with van der Waals surface area (Å²) in [5, 5.41) is 7.08. The van der Waals surface area contributed by atoms with E-state index in [1.807, 2.05) is 13.8 Å². The number of hydrogen-bond donors (Lipinski definition) is 2. The van der Waals surface area contributed by atoms with Gasteiger partial charge in [0, 0.05) is 11.4 Å². The van der Waals surface area contributed by atoms with Crippen LogP contribution in [0, 0.1) is 5.82 Å². The molecule has 116 valence electrons. The Bertz CT molecular complexity index is 687. The molecule has 0 aliphatic rings. The van der Waals surface area contributed by atoms with Crippen LogP contribution >= 0.6 is 11.3 Å². The smallest absolute Gasteiger partial charge is 0.271 e. The highest BCUT2D eigenvalue weighted by atomic mass is 32.1. The monoisotopic (exact) mass is 321 g/mol. The molecule has 1 atom stereocenters. The van der Waals surface area contributed by atoms with Gasteiger partial charge in [0.25, 0.3) is 11.8 Å². The summed E-state index contributed by atoms with van der Waals surface area (Å²) in [7, 11) is 0. The topological polar surface area (TPSA) is 71.1 Å². The molecule has 0 bridgehead atoms. The van der Waals surface area contributed by atoms with Crippen LogP contribution in [0.25, 0.3) is 0 Å². The van der Waals surface area contributed by atoms with Gasteiger partial charge >= 0.3 is 0 Å². The Morgan fingerprint density at radius 2 is 2.05 bits per heavy atom. The second kappa shape index (κ2) is 7.13. The van der Waals surface area contributed by atoms with Crippen molar-refractivity contribution in [2.45, 2.75) is 26.3 Å². The van der Waals surface area contributed by atoms with Crippen LogP contribution < -0.4 is 10.6 Å². The molecular weight excluding hydrogens is 305 g/mol. The lowest BCUT2D eigenvalue weighted by Crippen LogP contribution is -2.32. The molecule has 0 spiro atoms. The van der Waals surface area contributed by atoms with Crippen LogP contribution in [0.4, 0.5) is 9.52 Å². The van der Waals surface area contributed by atoms with Gasteiger partial charge in [-0.05, 0) is 25.5 Å². The predicted octanol–water partition coefficient (Wildman–Crippen LogP) is 3.06. The molecular formula is C15H16FN3O2S. The van der Waals surface area contributed by atoms with E-state index in [1.165, 1.54) is 18.2 Å². The fraction of sp³-hybridized carbons (Fsp3) is 0.267. The second-order valence-electron chi connectivity index (χ2n) is 4.75. The molecule has 1 heterocycles. The van der Waals surface area contributed by atoms with Gasteiger partial charge in [0.15, 0.2) is 5.13 Å². The highest BCUT2D eigenvalue weighted by Crippen LogP contribution is 2.17. The largest absolute Gasteiger partial charge is 0.348 e. The van der Waals surface area contributed by atoms with Gasteiger partial charge in [0.2, 0.25) is 0 Å². The lowest BCUT2D eigenvalue weighted by molar-refractivity contribution is 0.0933. The van der Waals surface area contributed by atoms with E-state index in [-0.39, 0.29) is 28.3 Å². The number of benzene rings is 1. The number of thiazole rings is 1. The van der Waals surface area contributed by atoms with Crippen molar-refractivity contribution in [1.82, 2.24) is 10.3 Å². The van der Waals surface area contributed by atoms with Gasteiger partial charge in [-0.15, -0.1) is 11.3 Å². The molecule has 0 fully saturated rings. The molecule has 0 aliphatic heterocycles. The highest BCUT2D eigenvalue weighted by molar-refractivity contribution is 7.14. The number of carbonyl (C=O) groups is 2. The first-order valence-corrected chi connectivity index (χ1v) is 7.71. The third kappa shape index (κ3) is 3.88. The first-order valence-electron chi connectivity index (χ1n) is 6.83. The fourth-order valence-corrected chi connectivity index (χ4v) is 2.33. The number of aromatic nitrogens is 1. The summed E-state index contributed by atoms with van der Waals surface area (Å²) in [6.07, 6.45) is 0.812. The van der Waals surface area contributed by atoms with E-state index in [2.05, 4.69) is 15.6 Å². The summed E-state index contributed by atoms with van der Waals surface area (Å²) in [6.45, 7) is 3.86. The number of nitrogens with zero attached hydrogens (tertiary/aromatic N) is 1. The lowest BCUT2D eigenvalue weighted by atomic mass is 10.2. The molecule has 1 aromatic carbocycles. The van der Waals surface area contributed by atoms with Crippen molar-refractivity contribution in [1.29, 1.82) is 0 Å². The normalized spacial score (nSPS) is 11.8. The number of carbonyl (C=O) groups excluding carboxylic acids is 2. The zero-order chi connectivity index (χ0) is 16.1. The van der Waals surface area contributed by atoms with Crippen LogP contribution in [0.5, 0.6) is 0 Å². The first kappa shape index (κ1) is 16.1. The van der Waals surface area contributed by atoms with Crippen LogP contribution in [-0.4, -0.2) is 22.8 Å². The van der Waals surface area contributed by atoms with E-state index in [9.17, 15) is 14.0 Å². The van der Waals surface area contributed by atoms with Gasteiger partial charge in [-0.3, -0.25) is 14.9 Å². The van der Waals surface area contributed by atoms with E-state index in [0.717, 1.165) is 17.8 Å². The third-order valence-electron chi connectivity index (χ3n) is 3.07. The summed E-state index contributed by atoms with van der Waals surface area (Å²) in [5.74, 6) is -1.50. The third-order valence-corrected chi connectivity index (χ3v) is 3.82. The van der Waals surface area contributed by atoms with Gasteiger partial charge in [-0.1, -0.05) is 19.1 Å². The molecule has 0 saturated heterocycles. The van der Waals surface area contributed by atoms with Crippen LogP contribution in [0.15, 0.2) is 29.6 Å². The number of nitrogens with one attached hydrogen (secondary N) is 2. The summed E-state index contributed by atoms with van der Waals surface area (Å²) in [5.41, 5.74) is 0.164. The molecule has 5 nitrogen and oxygen atoms in total. The molecule has 1 aromatic heterocycles. The van der Waals surface area contributed by atoms with Gasteiger partial charge in [0.05, 0.1) is 5.56 Å². The predicted molar refractivity (Wildman–Crippen MR) is 83.7 cm³/mol. The molecule has 0 unspecified atom stereocenters. The van der Waals surface area contributed by atoms with Crippen molar-refractivity contribution in [3.63, 3.8) is 0 Å². The van der Waals surface area contributed by atoms with Crippen molar-refractivity contribution >= 4 is 28.3 Å². The van der Waals surface area contributed by atoms with Gasteiger partial charge < -0.3 is 5.32 Å². The van der Waals surface area contributed by atoms with Crippen LogP contribution in [0.1, 0.15) is 41.1 Å². The molecule has 2 rings (SSSR count). The summed E-state index contributed by atoms with van der Waals surface area (Å²) in [4.78, 5) is 27.9. The van der Waals surface area contributed by atoms with Crippen molar-refractivity contribution in [2.24, 2.45) is 0 Å². The Hall–Kier alpha value is -2.28. The molecule has 2 amide bonds. The second-order valence-corrected chi connectivity index (χ2v) is 5.61. The minimum absolute atomic E-state index is 0.0469. The summed E-state index contributed by atoms with van der Waals surface area (Å²) >= 11 is 1.12. The van der Waals surface area contributed by atoms with E-state index in [4.69, 9.17) is 0 Å². The Balaban J connectivity index is 2.05. The summed E-state index contributed by atoms with van der Waals surface area (Å²) in [6, 6.07) is 5.72. The standard InChI is InChI=1S/C15H16FN3O2S/c1-3-9(2)17-14(21)12-8-22-15(18-12)19-13(20)10-6-4-5-7-11(10)16/h4-9H,3H2,1-2H3,(H,17,21)(H,18,19,20)/t9-/m0/s1. The van der Waals surface area contributed by atoms with Crippen molar-refractivity contribution in [3.8, 4) is 0 Å². The van der Waals surface area contributed by atoms with Crippen LogP contribution in [0.3, 0.4) is 0 Å². The Labute approximate surface area is 131 Å². The molecule has 22 heavy (non-hydrogen) atoms. The minimum atomic E-state index is -0.605. The molecule has 0 radical (unpaired) electrons. The van der Waals surface area contributed by atoms with Crippen molar-refractivity contribution in [3.05, 3.63) is 46.7 Å². The van der Waals surface area contributed by atoms with E-state index < -0.39 is 11.7 Å². The van der Waals surface area contributed by atoms with Crippen molar-refractivity contribution < 1.29 is 14.0 Å². The molecule has 2 N–H and O–H groups in total. The zero-order valence-corrected chi connectivity index (χ0v) is 13.0. The number of amides is 2. The molecule has 2 aromatic rings. The van der Waals surface area contributed by atoms with E-state index >= 15 is 0 Å².